The van der Waals surface area contributed by atoms with Crippen molar-refractivity contribution in [2.24, 2.45) is 0 Å². The molecule has 0 spiro atoms. The standard InChI is InChI=1S/C34H28N2O/c1-35-28-15-7-3-11-23(28)33(24-12-4-8-16-29(24)35)22-19-20-32(37)27(21-22)34-25-13-5-9-17-30(25)36(2)31-18-10-6-14-26(31)34/h3-21,33-34,37H,1-2H3. The number of anilines is 4. The Morgan fingerprint density at radius 2 is 0.838 bits per heavy atom. The first kappa shape index (κ1) is 21.8. The molecule has 0 atom stereocenters. The van der Waals surface area contributed by atoms with Gasteiger partial charge in [-0.15, -0.1) is 0 Å². The zero-order chi connectivity index (χ0) is 25.1. The molecule has 7 rings (SSSR count). The second-order valence-corrected chi connectivity index (χ2v) is 10.0. The molecule has 180 valence electrons. The monoisotopic (exact) mass is 480 g/mol. The maximum Gasteiger partial charge on any atom is 0.119 e. The van der Waals surface area contributed by atoms with Crippen molar-refractivity contribution in [1.29, 1.82) is 0 Å². The highest BCUT2D eigenvalue weighted by Gasteiger charge is 2.34. The van der Waals surface area contributed by atoms with Gasteiger partial charge in [0.2, 0.25) is 0 Å². The molecule has 0 aromatic heterocycles. The lowest BCUT2D eigenvalue weighted by molar-refractivity contribution is 0.466. The number of nitrogens with zero attached hydrogens (tertiary/aromatic N) is 2. The summed E-state index contributed by atoms with van der Waals surface area (Å²) in [4.78, 5) is 4.54. The lowest BCUT2D eigenvalue weighted by atomic mass is 9.76. The van der Waals surface area contributed by atoms with Crippen molar-refractivity contribution < 1.29 is 5.11 Å². The maximum atomic E-state index is 11.3. The van der Waals surface area contributed by atoms with Gasteiger partial charge in [-0.05, 0) is 58.1 Å². The molecule has 5 aromatic carbocycles. The van der Waals surface area contributed by atoms with Gasteiger partial charge in [-0.3, -0.25) is 0 Å². The number of phenolic OH excluding ortho intramolecular Hbond substituents is 1. The van der Waals surface area contributed by atoms with Gasteiger partial charge in [0.15, 0.2) is 0 Å². The Morgan fingerprint density at radius 3 is 1.27 bits per heavy atom. The molecule has 0 saturated carbocycles. The van der Waals surface area contributed by atoms with Crippen molar-refractivity contribution in [2.45, 2.75) is 11.8 Å². The summed E-state index contributed by atoms with van der Waals surface area (Å²) in [5.74, 6) is 0.359. The van der Waals surface area contributed by atoms with Crippen LogP contribution in [0.4, 0.5) is 22.7 Å². The quantitative estimate of drug-likeness (QED) is 0.278. The fourth-order valence-electron chi connectivity index (χ4n) is 6.42. The largest absolute Gasteiger partial charge is 0.508 e. The van der Waals surface area contributed by atoms with Crippen molar-refractivity contribution in [1.82, 2.24) is 0 Å². The molecule has 37 heavy (non-hydrogen) atoms. The molecule has 0 unspecified atom stereocenters. The van der Waals surface area contributed by atoms with Crippen molar-refractivity contribution in [3.63, 3.8) is 0 Å². The van der Waals surface area contributed by atoms with Crippen molar-refractivity contribution in [3.8, 4) is 5.75 Å². The number of rotatable bonds is 2. The summed E-state index contributed by atoms with van der Waals surface area (Å²) >= 11 is 0. The van der Waals surface area contributed by atoms with Crippen LogP contribution in [-0.4, -0.2) is 19.2 Å². The van der Waals surface area contributed by atoms with E-state index in [0.717, 1.165) is 5.56 Å². The number of benzene rings is 5. The third-order valence-corrected chi connectivity index (χ3v) is 8.13. The molecular weight excluding hydrogens is 452 g/mol. The minimum Gasteiger partial charge on any atom is -0.508 e. The average molecular weight is 481 g/mol. The van der Waals surface area contributed by atoms with Gasteiger partial charge in [-0.2, -0.15) is 0 Å². The van der Waals surface area contributed by atoms with E-state index in [1.54, 1.807) is 0 Å². The number of phenols is 1. The highest BCUT2D eigenvalue weighted by Crippen LogP contribution is 2.52. The normalized spacial score (nSPS) is 14.5. The second kappa shape index (κ2) is 8.28. The van der Waals surface area contributed by atoms with Crippen molar-refractivity contribution in [3.05, 3.63) is 149 Å². The van der Waals surface area contributed by atoms with E-state index in [1.807, 2.05) is 6.07 Å². The van der Waals surface area contributed by atoms with Gasteiger partial charge in [0.1, 0.15) is 5.75 Å². The van der Waals surface area contributed by atoms with Crippen LogP contribution in [0, 0.1) is 0 Å². The van der Waals surface area contributed by atoms with E-state index < -0.39 is 0 Å². The molecule has 3 heteroatoms. The van der Waals surface area contributed by atoms with Crippen LogP contribution in [0.25, 0.3) is 0 Å². The van der Waals surface area contributed by atoms with Gasteiger partial charge in [0, 0.05) is 54.2 Å². The summed E-state index contributed by atoms with van der Waals surface area (Å²) in [5.41, 5.74) is 11.9. The van der Waals surface area contributed by atoms with Gasteiger partial charge in [-0.1, -0.05) is 84.9 Å². The molecule has 1 N–H and O–H groups in total. The lowest BCUT2D eigenvalue weighted by Crippen LogP contribution is -2.23. The topological polar surface area (TPSA) is 26.7 Å². The molecule has 2 heterocycles. The highest BCUT2D eigenvalue weighted by molar-refractivity contribution is 5.80. The van der Waals surface area contributed by atoms with Gasteiger partial charge in [0.05, 0.1) is 0 Å². The Balaban J connectivity index is 1.46. The molecule has 0 aliphatic carbocycles. The smallest absolute Gasteiger partial charge is 0.119 e. The highest BCUT2D eigenvalue weighted by atomic mass is 16.3. The Kier molecular flexibility index (Phi) is 4.87. The predicted octanol–water partition coefficient (Wildman–Crippen LogP) is 7.92. The molecular formula is C34H28N2O. The first-order valence-electron chi connectivity index (χ1n) is 12.8. The third kappa shape index (κ3) is 3.20. The second-order valence-electron chi connectivity index (χ2n) is 10.0. The van der Waals surface area contributed by atoms with Crippen LogP contribution >= 0.6 is 0 Å². The number of hydrogen-bond acceptors (Lipinski definition) is 3. The lowest BCUT2D eigenvalue weighted by Gasteiger charge is -2.37. The number of aromatic hydroxyl groups is 1. The fraction of sp³-hybridized carbons (Fsp3) is 0.118. The van der Waals surface area contributed by atoms with Crippen LogP contribution in [0.5, 0.6) is 5.75 Å². The van der Waals surface area contributed by atoms with Crippen LogP contribution < -0.4 is 9.80 Å². The summed E-state index contributed by atoms with van der Waals surface area (Å²) in [7, 11) is 4.26. The van der Waals surface area contributed by atoms with Gasteiger partial charge >= 0.3 is 0 Å². The molecule has 3 nitrogen and oxygen atoms in total. The van der Waals surface area contributed by atoms with E-state index in [-0.39, 0.29) is 11.8 Å². The van der Waals surface area contributed by atoms with E-state index in [2.05, 4.69) is 133 Å². The molecule has 0 amide bonds. The SMILES string of the molecule is CN1c2ccccc2C(c2ccc(O)c(C3c4ccccc4N(C)c4ccccc43)c2)c2ccccc21. The van der Waals surface area contributed by atoms with E-state index in [9.17, 15) is 5.11 Å². The number of fused-ring (bicyclic) bond motifs is 4. The van der Waals surface area contributed by atoms with E-state index in [0.29, 0.717) is 5.75 Å². The molecule has 2 aliphatic rings. The van der Waals surface area contributed by atoms with Crippen LogP contribution in [-0.2, 0) is 0 Å². The van der Waals surface area contributed by atoms with Crippen molar-refractivity contribution in [2.75, 3.05) is 23.9 Å². The average Bonchev–Trinajstić information content (AvgIpc) is 2.95. The summed E-state index contributed by atoms with van der Waals surface area (Å²) in [6.07, 6.45) is 0. The Hall–Kier alpha value is -4.50. The summed E-state index contributed by atoms with van der Waals surface area (Å²) in [5, 5.41) is 11.3. The number of para-hydroxylation sites is 4. The molecule has 0 saturated heterocycles. The van der Waals surface area contributed by atoms with Crippen LogP contribution in [0.1, 0.15) is 45.2 Å². The molecule has 0 bridgehead atoms. The Morgan fingerprint density at radius 1 is 0.459 bits per heavy atom. The third-order valence-electron chi connectivity index (χ3n) is 8.13. The summed E-state index contributed by atoms with van der Waals surface area (Å²) in [6, 6.07) is 40.6. The van der Waals surface area contributed by atoms with Gasteiger partial charge in [0.25, 0.3) is 0 Å². The first-order valence-corrected chi connectivity index (χ1v) is 12.8. The summed E-state index contributed by atoms with van der Waals surface area (Å²) < 4.78 is 0. The molecule has 0 radical (unpaired) electrons. The molecule has 0 fully saturated rings. The zero-order valence-corrected chi connectivity index (χ0v) is 21.0. The molecule has 2 aliphatic heterocycles. The van der Waals surface area contributed by atoms with Crippen LogP contribution in [0.15, 0.2) is 115 Å². The van der Waals surface area contributed by atoms with E-state index in [1.165, 1.54) is 50.6 Å². The maximum absolute atomic E-state index is 11.3. The molecule has 5 aromatic rings. The minimum absolute atomic E-state index is 0.0553. The van der Waals surface area contributed by atoms with E-state index >= 15 is 0 Å². The Bertz CT molecular complexity index is 1560. The first-order chi connectivity index (χ1) is 18.1. The zero-order valence-electron chi connectivity index (χ0n) is 21.0. The fourth-order valence-corrected chi connectivity index (χ4v) is 6.42. The van der Waals surface area contributed by atoms with E-state index in [4.69, 9.17) is 0 Å². The van der Waals surface area contributed by atoms with Gasteiger partial charge < -0.3 is 14.9 Å². The van der Waals surface area contributed by atoms with Crippen LogP contribution in [0.3, 0.4) is 0 Å². The summed E-state index contributed by atoms with van der Waals surface area (Å²) in [6.45, 7) is 0. The predicted molar refractivity (Wildman–Crippen MR) is 152 cm³/mol. The minimum atomic E-state index is -0.0553. The van der Waals surface area contributed by atoms with Gasteiger partial charge in [-0.25, -0.2) is 0 Å². The van der Waals surface area contributed by atoms with Crippen LogP contribution in [0.2, 0.25) is 0 Å². The number of hydrogen-bond donors (Lipinski definition) is 1. The Labute approximate surface area is 217 Å². The van der Waals surface area contributed by atoms with Crippen molar-refractivity contribution >= 4 is 22.7 Å².